The zero-order valence-corrected chi connectivity index (χ0v) is 13.8. The highest BCUT2D eigenvalue weighted by Gasteiger charge is 2.57. The topological polar surface area (TPSA) is 66.5 Å². The van der Waals surface area contributed by atoms with Crippen LogP contribution in [-0.4, -0.2) is 22.4 Å². The zero-order valence-electron chi connectivity index (χ0n) is 13.8. The maximum absolute atomic E-state index is 10.5. The molecule has 3 heteroatoms. The zero-order chi connectivity index (χ0) is 15.7. The smallest absolute Gasteiger partial charge is 0.0724 e. The van der Waals surface area contributed by atoms with Gasteiger partial charge in [0, 0.05) is 11.1 Å². The average Bonchev–Trinajstić information content (AvgIpc) is 2.77. The fourth-order valence-electron chi connectivity index (χ4n) is 6.18. The largest absolute Gasteiger partial charge is 0.402 e. The summed E-state index contributed by atoms with van der Waals surface area (Å²) in [5.41, 5.74) is 9.24. The molecule has 0 amide bonds. The maximum Gasteiger partial charge on any atom is 0.0724 e. The van der Waals surface area contributed by atoms with Crippen molar-refractivity contribution in [3.05, 3.63) is 23.4 Å². The molecule has 3 nitrogen and oxygen atoms in total. The van der Waals surface area contributed by atoms with Gasteiger partial charge in [0.15, 0.2) is 0 Å². The van der Waals surface area contributed by atoms with E-state index in [0.29, 0.717) is 17.8 Å². The number of rotatable bonds is 0. The van der Waals surface area contributed by atoms with Crippen LogP contribution >= 0.6 is 0 Å². The van der Waals surface area contributed by atoms with E-state index in [-0.39, 0.29) is 23.0 Å². The minimum atomic E-state index is -0.311. The molecule has 4 N–H and O–H groups in total. The molecular formula is C19H29NO2. The van der Waals surface area contributed by atoms with E-state index in [1.807, 2.05) is 6.08 Å². The molecule has 0 aromatic heterocycles. The van der Waals surface area contributed by atoms with Crippen molar-refractivity contribution < 1.29 is 10.2 Å². The first-order valence-corrected chi connectivity index (χ1v) is 8.90. The second-order valence-electron chi connectivity index (χ2n) is 8.65. The van der Waals surface area contributed by atoms with Crippen LogP contribution in [0.2, 0.25) is 0 Å². The van der Waals surface area contributed by atoms with Crippen LogP contribution in [0.1, 0.15) is 52.4 Å². The summed E-state index contributed by atoms with van der Waals surface area (Å²) in [6.07, 6.45) is 9.74. The number of fused-ring (bicyclic) bond motifs is 5. The molecule has 122 valence electrons. The van der Waals surface area contributed by atoms with Gasteiger partial charge in [-0.15, -0.1) is 0 Å². The second kappa shape index (κ2) is 4.61. The lowest BCUT2D eigenvalue weighted by atomic mass is 9.49. The summed E-state index contributed by atoms with van der Waals surface area (Å²) in [6.45, 7) is 4.63. The van der Waals surface area contributed by atoms with Crippen LogP contribution < -0.4 is 5.73 Å². The van der Waals surface area contributed by atoms with Crippen molar-refractivity contribution in [2.45, 2.75) is 64.6 Å². The minimum Gasteiger partial charge on any atom is -0.402 e. The lowest BCUT2D eigenvalue weighted by molar-refractivity contribution is -0.00935. The number of hydrogen-bond acceptors (Lipinski definition) is 3. The highest BCUT2D eigenvalue weighted by Crippen LogP contribution is 2.64. The molecule has 0 aromatic rings. The normalized spacial score (nSPS) is 53.9. The van der Waals surface area contributed by atoms with Gasteiger partial charge in [-0.3, -0.25) is 0 Å². The lowest BCUT2D eigenvalue weighted by Crippen LogP contribution is -2.50. The Kier molecular flexibility index (Phi) is 3.09. The molecule has 0 heterocycles. The summed E-state index contributed by atoms with van der Waals surface area (Å²) in [7, 11) is 0. The molecule has 4 aliphatic rings. The molecule has 2 fully saturated rings. The van der Waals surface area contributed by atoms with Crippen molar-refractivity contribution in [3.63, 3.8) is 0 Å². The van der Waals surface area contributed by atoms with Gasteiger partial charge in [-0.05, 0) is 67.3 Å². The Morgan fingerprint density at radius 3 is 2.68 bits per heavy atom. The van der Waals surface area contributed by atoms with Gasteiger partial charge < -0.3 is 15.9 Å². The van der Waals surface area contributed by atoms with E-state index in [0.717, 1.165) is 44.2 Å². The van der Waals surface area contributed by atoms with Crippen LogP contribution in [0.5, 0.6) is 0 Å². The highest BCUT2D eigenvalue weighted by atomic mass is 16.3. The van der Waals surface area contributed by atoms with E-state index >= 15 is 0 Å². The fraction of sp³-hybridized carbons (Fsp3) is 0.789. The molecule has 0 aliphatic heterocycles. The van der Waals surface area contributed by atoms with Gasteiger partial charge >= 0.3 is 0 Å². The molecular weight excluding hydrogens is 274 g/mol. The van der Waals surface area contributed by atoms with E-state index in [1.54, 1.807) is 0 Å². The number of aliphatic hydroxyl groups is 2. The fourth-order valence-corrected chi connectivity index (χ4v) is 6.18. The molecule has 0 spiro atoms. The first-order chi connectivity index (χ1) is 10.4. The summed E-state index contributed by atoms with van der Waals surface area (Å²) in [6, 6.07) is 0. The first-order valence-electron chi connectivity index (χ1n) is 8.90. The van der Waals surface area contributed by atoms with Crippen LogP contribution in [0.15, 0.2) is 23.4 Å². The molecule has 0 bridgehead atoms. The summed E-state index contributed by atoms with van der Waals surface area (Å²) >= 11 is 0. The monoisotopic (exact) mass is 303 g/mol. The maximum atomic E-state index is 10.5. The lowest BCUT2D eigenvalue weighted by Gasteiger charge is -2.56. The van der Waals surface area contributed by atoms with E-state index in [2.05, 4.69) is 19.9 Å². The summed E-state index contributed by atoms with van der Waals surface area (Å²) in [5.74, 6) is 1.41. The first kappa shape index (κ1) is 14.8. The number of hydrogen-bond donors (Lipinski definition) is 3. The van der Waals surface area contributed by atoms with E-state index in [1.165, 1.54) is 5.57 Å². The van der Waals surface area contributed by atoms with E-state index in [9.17, 15) is 10.2 Å². The Labute approximate surface area is 133 Å². The van der Waals surface area contributed by atoms with Crippen molar-refractivity contribution >= 4 is 0 Å². The van der Waals surface area contributed by atoms with Crippen molar-refractivity contribution in [1.29, 1.82) is 0 Å². The molecule has 0 aromatic carbocycles. The minimum absolute atomic E-state index is 0.0253. The Morgan fingerprint density at radius 1 is 1.14 bits per heavy atom. The number of nitrogens with two attached hydrogens (primary N) is 1. The highest BCUT2D eigenvalue weighted by molar-refractivity contribution is 5.34. The van der Waals surface area contributed by atoms with Crippen LogP contribution in [0.3, 0.4) is 0 Å². The van der Waals surface area contributed by atoms with Crippen molar-refractivity contribution in [1.82, 2.24) is 0 Å². The van der Waals surface area contributed by atoms with Gasteiger partial charge in [0.25, 0.3) is 0 Å². The third-order valence-corrected chi connectivity index (χ3v) is 7.68. The molecule has 7 atom stereocenters. The summed E-state index contributed by atoms with van der Waals surface area (Å²) < 4.78 is 0. The molecule has 4 rings (SSSR count). The average molecular weight is 303 g/mol. The molecule has 0 radical (unpaired) electrons. The van der Waals surface area contributed by atoms with E-state index < -0.39 is 0 Å². The van der Waals surface area contributed by atoms with Gasteiger partial charge in [-0.1, -0.05) is 26.0 Å². The van der Waals surface area contributed by atoms with Gasteiger partial charge in [0.2, 0.25) is 0 Å². The van der Waals surface area contributed by atoms with Gasteiger partial charge in [-0.2, -0.15) is 0 Å². The van der Waals surface area contributed by atoms with Crippen LogP contribution in [0.4, 0.5) is 0 Å². The van der Waals surface area contributed by atoms with Crippen molar-refractivity contribution in [3.8, 4) is 0 Å². The Hall–Kier alpha value is -0.800. The van der Waals surface area contributed by atoms with Crippen LogP contribution in [0, 0.1) is 28.6 Å². The SMILES string of the molecule is C[C@]12C=C[C@H](O)CC1CC(N)=C1[C@@H]2CC[C@]2(C)C(O)CC[C@@H]12. The van der Waals surface area contributed by atoms with Gasteiger partial charge in [0.1, 0.15) is 0 Å². The van der Waals surface area contributed by atoms with Crippen molar-refractivity contribution in [2.75, 3.05) is 0 Å². The predicted octanol–water partition coefficient (Wildman–Crippen LogP) is 2.73. The third kappa shape index (κ3) is 1.75. The Bertz CT molecular complexity index is 554. The number of aliphatic hydroxyl groups excluding tert-OH is 2. The van der Waals surface area contributed by atoms with Crippen LogP contribution in [-0.2, 0) is 0 Å². The second-order valence-corrected chi connectivity index (χ2v) is 8.65. The molecule has 4 aliphatic carbocycles. The standard InChI is InChI=1S/C19H29NO2/c1-18-7-5-12(21)9-11(18)10-15(20)17-13-3-4-16(22)19(13,2)8-6-14(17)18/h5,7,11-14,16,21-22H,3-4,6,8-10,20H2,1-2H3/t11?,12-,13-,14-,16?,18-,19-/m0/s1. The summed E-state index contributed by atoms with van der Waals surface area (Å²) in [4.78, 5) is 0. The van der Waals surface area contributed by atoms with Crippen molar-refractivity contribution in [2.24, 2.45) is 34.3 Å². The Balaban J connectivity index is 1.78. The molecule has 0 saturated heterocycles. The molecule has 2 saturated carbocycles. The predicted molar refractivity (Wildman–Crippen MR) is 86.8 cm³/mol. The third-order valence-electron chi connectivity index (χ3n) is 7.68. The molecule has 2 unspecified atom stereocenters. The van der Waals surface area contributed by atoms with Gasteiger partial charge in [-0.25, -0.2) is 0 Å². The van der Waals surface area contributed by atoms with Gasteiger partial charge in [0.05, 0.1) is 12.2 Å². The quantitative estimate of drug-likeness (QED) is 0.603. The summed E-state index contributed by atoms with van der Waals surface area (Å²) in [5, 5.41) is 20.5. The Morgan fingerprint density at radius 2 is 1.91 bits per heavy atom. The number of allylic oxidation sites excluding steroid dienone is 3. The van der Waals surface area contributed by atoms with E-state index in [4.69, 9.17) is 5.73 Å². The van der Waals surface area contributed by atoms with Crippen LogP contribution in [0.25, 0.3) is 0 Å². The molecule has 22 heavy (non-hydrogen) atoms.